The quantitative estimate of drug-likeness (QED) is 0.621. The maximum absolute atomic E-state index is 11.9. The van der Waals surface area contributed by atoms with Gasteiger partial charge in [-0.15, -0.1) is 0 Å². The van der Waals surface area contributed by atoms with Gasteiger partial charge >= 0.3 is 5.97 Å². The Kier molecular flexibility index (Phi) is 6.15. The van der Waals surface area contributed by atoms with Crippen molar-refractivity contribution in [3.05, 3.63) is 77.9 Å². The molecule has 0 saturated carbocycles. The number of esters is 1. The van der Waals surface area contributed by atoms with Crippen molar-refractivity contribution in [1.82, 2.24) is 5.32 Å². The Hall–Kier alpha value is -2.59. The van der Waals surface area contributed by atoms with Gasteiger partial charge in [0.1, 0.15) is 5.75 Å². The van der Waals surface area contributed by atoms with Crippen molar-refractivity contribution in [3.8, 4) is 5.75 Å². The number of benzene rings is 2. The van der Waals surface area contributed by atoms with E-state index < -0.39 is 5.97 Å². The van der Waals surface area contributed by atoms with Crippen molar-refractivity contribution >= 4 is 5.97 Å². The molecule has 0 amide bonds. The monoisotopic (exact) mass is 325 g/mol. The molecule has 126 valence electrons. The molecule has 0 heterocycles. The van der Waals surface area contributed by atoms with Crippen molar-refractivity contribution in [2.45, 2.75) is 19.0 Å². The zero-order valence-electron chi connectivity index (χ0n) is 14.3. The fourth-order valence-corrected chi connectivity index (χ4v) is 2.53. The first-order chi connectivity index (χ1) is 11.6. The third kappa shape index (κ3) is 4.24. The Morgan fingerprint density at radius 1 is 1.00 bits per heavy atom. The van der Waals surface area contributed by atoms with Crippen molar-refractivity contribution in [2.75, 3.05) is 14.2 Å². The van der Waals surface area contributed by atoms with Crippen LogP contribution in [-0.2, 0) is 9.53 Å². The summed E-state index contributed by atoms with van der Waals surface area (Å²) in [5.41, 5.74) is 2.44. The largest absolute Gasteiger partial charge is 0.497 e. The average molecular weight is 325 g/mol. The number of rotatable bonds is 7. The number of hydrogen-bond donors (Lipinski definition) is 1. The summed E-state index contributed by atoms with van der Waals surface area (Å²) in [6.07, 6.45) is 0. The Balaban J connectivity index is 2.23. The Labute approximate surface area is 143 Å². The van der Waals surface area contributed by atoms with Crippen molar-refractivity contribution in [2.24, 2.45) is 0 Å². The molecule has 0 spiro atoms. The molecule has 2 aromatic carbocycles. The molecule has 0 aliphatic carbocycles. The molecule has 0 unspecified atom stereocenters. The summed E-state index contributed by atoms with van der Waals surface area (Å²) in [6, 6.07) is 17.3. The van der Waals surface area contributed by atoms with Crippen LogP contribution in [0.5, 0.6) is 5.75 Å². The van der Waals surface area contributed by atoms with Gasteiger partial charge in [0, 0.05) is 6.04 Å². The second-order valence-corrected chi connectivity index (χ2v) is 5.52. The van der Waals surface area contributed by atoms with E-state index in [0.29, 0.717) is 5.57 Å². The van der Waals surface area contributed by atoms with Crippen molar-refractivity contribution in [3.63, 3.8) is 0 Å². The van der Waals surface area contributed by atoms with E-state index in [1.165, 1.54) is 7.11 Å². The molecule has 1 N–H and O–H groups in total. The molecule has 0 aromatic heterocycles. The lowest BCUT2D eigenvalue weighted by molar-refractivity contribution is -0.136. The van der Waals surface area contributed by atoms with Crippen LogP contribution in [0.15, 0.2) is 66.7 Å². The highest BCUT2D eigenvalue weighted by Crippen LogP contribution is 2.26. The van der Waals surface area contributed by atoms with Gasteiger partial charge in [-0.05, 0) is 30.2 Å². The van der Waals surface area contributed by atoms with E-state index in [1.54, 1.807) is 7.11 Å². The van der Waals surface area contributed by atoms with E-state index in [2.05, 4.69) is 11.9 Å². The molecule has 0 saturated heterocycles. The van der Waals surface area contributed by atoms with E-state index in [-0.39, 0.29) is 12.1 Å². The summed E-state index contributed by atoms with van der Waals surface area (Å²) in [7, 11) is 3.00. The highest BCUT2D eigenvalue weighted by Gasteiger charge is 2.23. The van der Waals surface area contributed by atoms with Crippen LogP contribution in [0.3, 0.4) is 0 Å². The third-order valence-corrected chi connectivity index (χ3v) is 3.96. The minimum Gasteiger partial charge on any atom is -0.497 e. The van der Waals surface area contributed by atoms with E-state index in [0.717, 1.165) is 16.9 Å². The zero-order chi connectivity index (χ0) is 17.5. The molecule has 0 aliphatic heterocycles. The summed E-state index contributed by atoms with van der Waals surface area (Å²) < 4.78 is 10.0. The fourth-order valence-electron chi connectivity index (χ4n) is 2.53. The average Bonchev–Trinajstić information content (AvgIpc) is 2.65. The number of methoxy groups -OCH3 is 2. The van der Waals surface area contributed by atoms with Gasteiger partial charge in [-0.3, -0.25) is 5.32 Å². The van der Waals surface area contributed by atoms with Gasteiger partial charge in [-0.1, -0.05) is 49.0 Å². The molecular weight excluding hydrogens is 302 g/mol. The van der Waals surface area contributed by atoms with Gasteiger partial charge in [-0.2, -0.15) is 0 Å². The van der Waals surface area contributed by atoms with E-state index in [1.807, 2.05) is 61.5 Å². The SMILES string of the molecule is C=C(C(=O)OC)[C@H](N[C@H](C)c1ccc(OC)cc1)c1ccccc1. The van der Waals surface area contributed by atoms with Gasteiger partial charge in [0.15, 0.2) is 0 Å². The van der Waals surface area contributed by atoms with E-state index >= 15 is 0 Å². The van der Waals surface area contributed by atoms with Crippen LogP contribution in [0, 0.1) is 0 Å². The molecule has 0 aliphatic rings. The van der Waals surface area contributed by atoms with Crippen LogP contribution >= 0.6 is 0 Å². The summed E-state index contributed by atoms with van der Waals surface area (Å²) in [6.45, 7) is 5.96. The molecule has 2 aromatic rings. The van der Waals surface area contributed by atoms with Crippen LogP contribution in [0.25, 0.3) is 0 Å². The van der Waals surface area contributed by atoms with Gasteiger partial charge in [0.05, 0.1) is 25.8 Å². The predicted molar refractivity (Wildman–Crippen MR) is 94.9 cm³/mol. The Morgan fingerprint density at radius 2 is 1.62 bits per heavy atom. The maximum Gasteiger partial charge on any atom is 0.335 e. The number of nitrogens with one attached hydrogen (secondary N) is 1. The lowest BCUT2D eigenvalue weighted by Gasteiger charge is -2.25. The number of ether oxygens (including phenoxy) is 2. The van der Waals surface area contributed by atoms with Crippen molar-refractivity contribution in [1.29, 1.82) is 0 Å². The second-order valence-electron chi connectivity index (χ2n) is 5.52. The summed E-state index contributed by atoms with van der Waals surface area (Å²) in [5, 5.41) is 3.46. The number of carbonyl (C=O) groups is 1. The fraction of sp³-hybridized carbons (Fsp3) is 0.250. The molecule has 4 heteroatoms. The standard InChI is InChI=1S/C20H23NO3/c1-14(20(22)24-4)19(17-8-6-5-7-9-17)21-15(2)16-10-12-18(23-3)13-11-16/h5-13,15,19,21H,1H2,2-4H3/t15-,19+/m1/s1. The molecular formula is C20H23NO3. The maximum atomic E-state index is 11.9. The minimum absolute atomic E-state index is 0.0162. The lowest BCUT2D eigenvalue weighted by Crippen LogP contribution is -2.29. The van der Waals surface area contributed by atoms with Crippen molar-refractivity contribution < 1.29 is 14.3 Å². The van der Waals surface area contributed by atoms with Gasteiger partial charge < -0.3 is 9.47 Å². The zero-order valence-corrected chi connectivity index (χ0v) is 14.3. The smallest absolute Gasteiger partial charge is 0.335 e. The summed E-state index contributed by atoms with van der Waals surface area (Å²) >= 11 is 0. The molecule has 0 bridgehead atoms. The summed E-state index contributed by atoms with van der Waals surface area (Å²) in [4.78, 5) is 11.9. The molecule has 0 fully saturated rings. The Bertz CT molecular complexity index is 680. The predicted octanol–water partition coefficient (Wildman–Crippen LogP) is 3.82. The molecule has 2 atom stereocenters. The minimum atomic E-state index is -0.418. The van der Waals surface area contributed by atoms with Crippen LogP contribution in [-0.4, -0.2) is 20.2 Å². The summed E-state index contributed by atoms with van der Waals surface area (Å²) in [5.74, 6) is 0.391. The highest BCUT2D eigenvalue weighted by molar-refractivity contribution is 5.89. The molecule has 0 radical (unpaired) electrons. The van der Waals surface area contributed by atoms with E-state index in [9.17, 15) is 4.79 Å². The van der Waals surface area contributed by atoms with Crippen LogP contribution in [0.4, 0.5) is 0 Å². The third-order valence-electron chi connectivity index (χ3n) is 3.96. The number of carbonyl (C=O) groups excluding carboxylic acids is 1. The number of hydrogen-bond acceptors (Lipinski definition) is 4. The van der Waals surface area contributed by atoms with Crippen LogP contribution < -0.4 is 10.1 Å². The second kappa shape index (κ2) is 8.31. The Morgan fingerprint density at radius 3 is 2.17 bits per heavy atom. The van der Waals surface area contributed by atoms with Gasteiger partial charge in [0.2, 0.25) is 0 Å². The molecule has 2 rings (SSSR count). The first kappa shape index (κ1) is 17.8. The van der Waals surface area contributed by atoms with Crippen LogP contribution in [0.2, 0.25) is 0 Å². The highest BCUT2D eigenvalue weighted by atomic mass is 16.5. The topological polar surface area (TPSA) is 47.6 Å². The molecule has 24 heavy (non-hydrogen) atoms. The normalized spacial score (nSPS) is 13.0. The first-order valence-corrected chi connectivity index (χ1v) is 7.79. The van der Waals surface area contributed by atoms with Gasteiger partial charge in [-0.25, -0.2) is 4.79 Å². The first-order valence-electron chi connectivity index (χ1n) is 7.79. The van der Waals surface area contributed by atoms with E-state index in [4.69, 9.17) is 9.47 Å². The lowest BCUT2D eigenvalue weighted by atomic mass is 9.97. The van der Waals surface area contributed by atoms with Crippen LogP contribution in [0.1, 0.15) is 30.1 Å². The van der Waals surface area contributed by atoms with Gasteiger partial charge in [0.25, 0.3) is 0 Å². The molecule has 4 nitrogen and oxygen atoms in total.